The minimum atomic E-state index is -4.08. The first-order valence-electron chi connectivity index (χ1n) is 27.2. The number of nitrogens with one attached hydrogen (secondary N) is 3. The fourth-order valence-corrected chi connectivity index (χ4v) is 11.8. The summed E-state index contributed by atoms with van der Waals surface area (Å²) >= 11 is 6.20. The van der Waals surface area contributed by atoms with Crippen LogP contribution in [0.25, 0.3) is 11.2 Å². The van der Waals surface area contributed by atoms with E-state index in [-0.39, 0.29) is 74.0 Å². The number of amides is 2. The summed E-state index contributed by atoms with van der Waals surface area (Å²) in [5.41, 5.74) is -0.297. The standard InChI is InChI=1S/C59H62N9O15PS/c1-36(2)54(71)65-57-64-53-52(56(73)66-57)61-35-68(53)50-31-44(82-51(70)26-17-37(3)69)47(81-50)34-79-84(85,78-30-12-28-60)83-45-32-49(67-29-27-48(63-58(67)74)62-55(72)38-13-8-6-9-14-38)80-46(45)33-77-59(39-15-10-7-11-16-39,40-18-22-42(75-4)23-19-40)41-20-24-43(76-5)25-21-41/h6-11,13-16,18-25,27,29,35-36,44-47,49-50H,12,17,26,30-34H2,1-5H3,(H,62,63,72,74)(H2,64,65,66,71,73)/t44-,45-,46+,47+,49+,50+,84?/m0/s1. The van der Waals surface area contributed by atoms with E-state index in [9.17, 15) is 34.0 Å². The Balaban J connectivity index is 1.06. The summed E-state index contributed by atoms with van der Waals surface area (Å²) in [7, 11) is 3.14. The molecular formula is C59H62N9O15PS. The van der Waals surface area contributed by atoms with Crippen LogP contribution in [0.2, 0.25) is 0 Å². The number of ether oxygens (including phenoxy) is 6. The third-order valence-electron chi connectivity index (χ3n) is 14.0. The fraction of sp³-hybridized carbons (Fsp3) is 0.356. The van der Waals surface area contributed by atoms with Gasteiger partial charge in [0.1, 0.15) is 59.5 Å². The number of esters is 1. The Hall–Kier alpha value is -8.31. The molecular weight excluding hydrogens is 1140 g/mol. The van der Waals surface area contributed by atoms with Gasteiger partial charge in [-0.15, -0.1) is 0 Å². The molecule has 26 heteroatoms. The number of benzene rings is 4. The number of rotatable bonds is 26. The molecule has 7 aromatic rings. The normalized spacial score (nSPS) is 19.2. The van der Waals surface area contributed by atoms with Crippen molar-refractivity contribution < 1.29 is 61.2 Å². The second kappa shape index (κ2) is 27.6. The highest BCUT2D eigenvalue weighted by Crippen LogP contribution is 2.55. The lowest BCUT2D eigenvalue weighted by Crippen LogP contribution is -2.38. The molecule has 0 spiro atoms. The zero-order chi connectivity index (χ0) is 60.3. The summed E-state index contributed by atoms with van der Waals surface area (Å²) in [5, 5.41) is 15.0. The smallest absolute Gasteiger partial charge is 0.351 e. The van der Waals surface area contributed by atoms with E-state index in [0.717, 1.165) is 5.56 Å². The molecule has 2 aliphatic heterocycles. The van der Waals surface area contributed by atoms with Crippen LogP contribution >= 0.6 is 6.72 Å². The Labute approximate surface area is 492 Å². The van der Waals surface area contributed by atoms with Gasteiger partial charge in [-0.1, -0.05) is 86.6 Å². The molecule has 0 radical (unpaired) electrons. The van der Waals surface area contributed by atoms with Crippen molar-refractivity contribution >= 4 is 65.0 Å². The second-order valence-corrected chi connectivity index (χ2v) is 23.1. The van der Waals surface area contributed by atoms with E-state index >= 15 is 0 Å². The van der Waals surface area contributed by atoms with Crippen LogP contribution in [-0.4, -0.2) is 111 Å². The maximum absolute atomic E-state index is 14.0. The van der Waals surface area contributed by atoms with Crippen molar-refractivity contribution in [2.24, 2.45) is 5.92 Å². The van der Waals surface area contributed by atoms with E-state index in [0.29, 0.717) is 28.2 Å². The molecule has 5 heterocycles. The largest absolute Gasteiger partial charge is 0.497 e. The van der Waals surface area contributed by atoms with Crippen molar-refractivity contribution in [1.82, 2.24) is 29.1 Å². The number of nitriles is 1. The first-order chi connectivity index (χ1) is 41.0. The molecule has 24 nitrogen and oxygen atoms in total. The SMILES string of the molecule is COc1ccc(C(OC[C@H]2O[C@@H](n3ccc(NC(=O)c4ccccc4)nc3=O)C[C@@H]2OP(=S)(OCCC#N)OC[C@H]2O[C@@H](n3cnc4c(=O)[nH]c(NC(=O)C(C)C)nc43)C[C@@H]2OC(=O)CCC(C)=O)(c2ccccc2)c2ccc(OC)cc2)cc1. The van der Waals surface area contributed by atoms with Crippen LogP contribution in [0.3, 0.4) is 0 Å². The van der Waals surface area contributed by atoms with Crippen LogP contribution in [-0.2, 0) is 64.3 Å². The summed E-state index contributed by atoms with van der Waals surface area (Å²) in [6.45, 7) is -0.297. The molecule has 0 aliphatic carbocycles. The number of fused-ring (bicyclic) bond motifs is 1. The molecule has 444 valence electrons. The molecule has 0 bridgehead atoms. The molecule has 2 amide bonds. The van der Waals surface area contributed by atoms with E-state index in [1.807, 2.05) is 84.9 Å². The summed E-state index contributed by atoms with van der Waals surface area (Å²) in [6.07, 6.45) is -4.21. The Morgan fingerprint density at radius 3 is 2.01 bits per heavy atom. The number of Topliss-reactive ketones (excluding diaryl/α,β-unsaturated/α-hetero) is 1. The van der Waals surface area contributed by atoms with Crippen molar-refractivity contribution in [1.29, 1.82) is 5.26 Å². The number of carbonyl (C=O) groups excluding carboxylic acids is 4. The van der Waals surface area contributed by atoms with Crippen LogP contribution in [0.15, 0.2) is 137 Å². The summed E-state index contributed by atoms with van der Waals surface area (Å²) in [4.78, 5) is 93.7. The highest BCUT2D eigenvalue weighted by atomic mass is 32.5. The van der Waals surface area contributed by atoms with Crippen LogP contribution in [0.4, 0.5) is 11.8 Å². The van der Waals surface area contributed by atoms with Crippen LogP contribution in [0.1, 0.15) is 92.4 Å². The lowest BCUT2D eigenvalue weighted by molar-refractivity contribution is -0.153. The third kappa shape index (κ3) is 14.6. The first kappa shape index (κ1) is 61.3. The van der Waals surface area contributed by atoms with Crippen molar-refractivity contribution in [3.05, 3.63) is 171 Å². The molecule has 9 rings (SSSR count). The average molecular weight is 1200 g/mol. The number of H-pyrrole nitrogens is 1. The molecule has 2 fully saturated rings. The van der Waals surface area contributed by atoms with Gasteiger partial charge < -0.3 is 52.1 Å². The molecule has 3 aromatic heterocycles. The molecule has 2 aliphatic rings. The number of nitrogens with zero attached hydrogens (tertiary/aromatic N) is 6. The highest BCUT2D eigenvalue weighted by molar-refractivity contribution is 8.07. The first-order valence-corrected chi connectivity index (χ1v) is 29.7. The molecule has 7 atom stereocenters. The minimum Gasteiger partial charge on any atom is -0.497 e. The number of hydrogen-bond acceptors (Lipinski definition) is 20. The number of aromatic amines is 1. The summed E-state index contributed by atoms with van der Waals surface area (Å²) in [6, 6.07) is 36.3. The molecule has 4 aromatic carbocycles. The molecule has 2 saturated heterocycles. The number of anilines is 2. The number of imidazole rings is 1. The van der Waals surface area contributed by atoms with Crippen LogP contribution < -0.4 is 31.4 Å². The third-order valence-corrected chi connectivity index (χ3v) is 16.4. The van der Waals surface area contributed by atoms with Crippen molar-refractivity contribution in [2.45, 2.75) is 95.3 Å². The van der Waals surface area contributed by atoms with E-state index < -0.39 is 90.7 Å². The Morgan fingerprint density at radius 2 is 1.40 bits per heavy atom. The fourth-order valence-electron chi connectivity index (χ4n) is 9.63. The predicted octanol–water partition coefficient (Wildman–Crippen LogP) is 7.66. The number of hydrogen-bond donors (Lipinski definition) is 3. The van der Waals surface area contributed by atoms with E-state index in [1.54, 1.807) is 58.4 Å². The number of aromatic nitrogens is 6. The Kier molecular flexibility index (Phi) is 19.9. The molecule has 3 N–H and O–H groups in total. The van der Waals surface area contributed by atoms with Gasteiger partial charge in [-0.05, 0) is 77.9 Å². The Bertz CT molecular complexity index is 3660. The van der Waals surface area contributed by atoms with Crippen LogP contribution in [0, 0.1) is 17.2 Å². The Morgan fingerprint density at radius 1 is 0.788 bits per heavy atom. The van der Waals surface area contributed by atoms with Gasteiger partial charge in [-0.25, -0.2) is 9.78 Å². The van der Waals surface area contributed by atoms with Crippen molar-refractivity contribution in [3.63, 3.8) is 0 Å². The lowest BCUT2D eigenvalue weighted by atomic mass is 9.80. The minimum absolute atomic E-state index is 0.00700. The van der Waals surface area contributed by atoms with Gasteiger partial charge in [0.15, 0.2) is 11.2 Å². The predicted molar refractivity (Wildman–Crippen MR) is 311 cm³/mol. The van der Waals surface area contributed by atoms with Crippen LogP contribution in [0.5, 0.6) is 11.5 Å². The van der Waals surface area contributed by atoms with Gasteiger partial charge in [0.25, 0.3) is 11.5 Å². The number of ketones is 1. The number of carbonyl (C=O) groups is 4. The maximum Gasteiger partial charge on any atom is 0.351 e. The summed E-state index contributed by atoms with van der Waals surface area (Å²) in [5.74, 6) is -1.19. The topological polar surface area (TPSA) is 298 Å². The van der Waals surface area contributed by atoms with E-state index in [1.165, 1.54) is 34.6 Å². The molecule has 1 unspecified atom stereocenters. The quantitative estimate of drug-likeness (QED) is 0.0203. The van der Waals surface area contributed by atoms with Gasteiger partial charge >= 0.3 is 18.4 Å². The van der Waals surface area contributed by atoms with Gasteiger partial charge in [0.05, 0.1) is 65.4 Å². The zero-order valence-corrected chi connectivity index (χ0v) is 48.7. The highest BCUT2D eigenvalue weighted by Gasteiger charge is 2.47. The van der Waals surface area contributed by atoms with Crippen molar-refractivity contribution in [2.75, 3.05) is 44.7 Å². The number of methoxy groups -OCH3 is 2. The van der Waals surface area contributed by atoms with Gasteiger partial charge in [0, 0.05) is 36.9 Å². The molecule has 85 heavy (non-hydrogen) atoms. The van der Waals surface area contributed by atoms with Crippen molar-refractivity contribution in [3.8, 4) is 17.6 Å². The van der Waals surface area contributed by atoms with E-state index in [4.69, 9.17) is 53.8 Å². The summed E-state index contributed by atoms with van der Waals surface area (Å²) < 4.78 is 59.9. The van der Waals surface area contributed by atoms with Gasteiger partial charge in [-0.2, -0.15) is 15.2 Å². The zero-order valence-electron chi connectivity index (χ0n) is 47.0. The monoisotopic (exact) mass is 1200 g/mol. The van der Waals surface area contributed by atoms with Gasteiger partial charge in [0.2, 0.25) is 11.9 Å². The van der Waals surface area contributed by atoms with Gasteiger partial charge in [-0.3, -0.25) is 38.6 Å². The maximum atomic E-state index is 14.0. The second-order valence-electron chi connectivity index (χ2n) is 20.1. The molecule has 0 saturated carbocycles. The average Bonchev–Trinajstić information content (AvgIpc) is 2.00. The lowest BCUT2D eigenvalue weighted by Gasteiger charge is -2.37. The van der Waals surface area contributed by atoms with E-state index in [2.05, 4.69) is 30.6 Å².